The van der Waals surface area contributed by atoms with Crippen LogP contribution >= 0.6 is 0 Å². The molecule has 1 fully saturated rings. The lowest BCUT2D eigenvalue weighted by molar-refractivity contribution is -0.385. The Morgan fingerprint density at radius 1 is 1.52 bits per heavy atom. The summed E-state index contributed by atoms with van der Waals surface area (Å²) in [6.45, 7) is 1.51. The fourth-order valence-corrected chi connectivity index (χ4v) is 1.69. The van der Waals surface area contributed by atoms with Crippen molar-refractivity contribution in [1.29, 1.82) is 0 Å². The van der Waals surface area contributed by atoms with Crippen LogP contribution in [0.1, 0.15) is 30.1 Å². The van der Waals surface area contributed by atoms with E-state index in [0.717, 1.165) is 25.1 Å². The number of nitrogens with two attached hydrogens (primary N) is 1. The monoisotopic (exact) mass is 293 g/mol. The van der Waals surface area contributed by atoms with Crippen LogP contribution in [0.15, 0.2) is 12.3 Å². The molecule has 0 aliphatic heterocycles. The molecule has 112 valence electrons. The zero-order valence-electron chi connectivity index (χ0n) is 11.3. The summed E-state index contributed by atoms with van der Waals surface area (Å²) in [5.41, 5.74) is 4.75. The molecule has 0 radical (unpaired) electrons. The number of carbonyl (C=O) groups is 2. The van der Waals surface area contributed by atoms with E-state index in [-0.39, 0.29) is 23.3 Å². The zero-order chi connectivity index (χ0) is 15.6. The van der Waals surface area contributed by atoms with Crippen molar-refractivity contribution in [1.82, 2.24) is 15.6 Å². The number of carbonyl (C=O) groups excluding carboxylic acids is 2. The molecule has 1 saturated carbocycles. The topological polar surface area (TPSA) is 140 Å². The maximum absolute atomic E-state index is 12.1. The van der Waals surface area contributed by atoms with Gasteiger partial charge in [0.2, 0.25) is 5.91 Å². The smallest absolute Gasteiger partial charge is 0.300 e. The Labute approximate surface area is 120 Å². The van der Waals surface area contributed by atoms with E-state index in [9.17, 15) is 19.7 Å². The number of nitro groups is 1. The van der Waals surface area contributed by atoms with E-state index in [1.807, 2.05) is 0 Å². The number of pyridine rings is 1. The molecule has 1 aromatic heterocycles. The first kappa shape index (κ1) is 14.7. The van der Waals surface area contributed by atoms with Gasteiger partial charge in [0.15, 0.2) is 0 Å². The Kier molecular flexibility index (Phi) is 4.01. The minimum atomic E-state index is -0.799. The van der Waals surface area contributed by atoms with Gasteiger partial charge in [0.25, 0.3) is 11.6 Å². The third-order valence-electron chi connectivity index (χ3n) is 3.01. The fraction of sp³-hybridized carbons (Fsp3) is 0.417. The number of rotatable bonds is 5. The molecule has 0 bridgehead atoms. The Balaban J connectivity index is 2.10. The molecule has 1 aromatic rings. The van der Waals surface area contributed by atoms with E-state index >= 15 is 0 Å². The molecule has 2 amide bonds. The number of hydrogen-bond donors (Lipinski definition) is 3. The molecule has 1 aliphatic rings. The van der Waals surface area contributed by atoms with Gasteiger partial charge in [-0.3, -0.25) is 19.7 Å². The first-order valence-corrected chi connectivity index (χ1v) is 6.39. The molecule has 1 aliphatic carbocycles. The third kappa shape index (κ3) is 3.65. The fourth-order valence-electron chi connectivity index (χ4n) is 1.69. The molecule has 4 N–H and O–H groups in total. The number of nitrogens with zero attached hydrogens (tertiary/aromatic N) is 2. The normalized spacial score (nSPS) is 15.1. The summed E-state index contributed by atoms with van der Waals surface area (Å²) in [6.07, 6.45) is 2.77. The van der Waals surface area contributed by atoms with Crippen LogP contribution in [0.4, 0.5) is 11.5 Å². The standard InChI is InChI=1S/C12H15N5O4/c1-6(11(18)16-7-2-3-7)15-12(19)8-4-10(13)14-5-9(8)17(20)21/h4-7H,2-3H2,1H3,(H2,13,14)(H,15,19)(H,16,18). The number of hydrogen-bond acceptors (Lipinski definition) is 6. The van der Waals surface area contributed by atoms with Crippen LogP contribution in [0, 0.1) is 10.1 Å². The lowest BCUT2D eigenvalue weighted by atomic mass is 10.2. The van der Waals surface area contributed by atoms with Gasteiger partial charge in [-0.05, 0) is 25.8 Å². The first-order chi connectivity index (χ1) is 9.88. The van der Waals surface area contributed by atoms with E-state index in [0.29, 0.717) is 0 Å². The molecule has 9 heteroatoms. The van der Waals surface area contributed by atoms with Crippen molar-refractivity contribution in [2.45, 2.75) is 31.8 Å². The van der Waals surface area contributed by atoms with Gasteiger partial charge in [0, 0.05) is 6.04 Å². The summed E-state index contributed by atoms with van der Waals surface area (Å²) < 4.78 is 0. The predicted molar refractivity (Wildman–Crippen MR) is 73.4 cm³/mol. The number of nitrogen functional groups attached to an aromatic ring is 1. The summed E-state index contributed by atoms with van der Waals surface area (Å²) >= 11 is 0. The molecule has 0 spiro atoms. The summed E-state index contributed by atoms with van der Waals surface area (Å²) in [6, 6.07) is 0.480. The van der Waals surface area contributed by atoms with Gasteiger partial charge in [0.05, 0.1) is 4.92 Å². The summed E-state index contributed by atoms with van der Waals surface area (Å²) in [5, 5.41) is 16.0. The van der Waals surface area contributed by atoms with Crippen LogP contribution < -0.4 is 16.4 Å². The minimum Gasteiger partial charge on any atom is -0.384 e. The van der Waals surface area contributed by atoms with Crippen molar-refractivity contribution in [3.8, 4) is 0 Å². The molecule has 9 nitrogen and oxygen atoms in total. The number of aromatic nitrogens is 1. The van der Waals surface area contributed by atoms with Gasteiger partial charge in [-0.25, -0.2) is 4.98 Å². The highest BCUT2D eigenvalue weighted by Gasteiger charge is 2.28. The minimum absolute atomic E-state index is 0.0131. The second-order valence-electron chi connectivity index (χ2n) is 4.86. The van der Waals surface area contributed by atoms with E-state index in [2.05, 4.69) is 15.6 Å². The zero-order valence-corrected chi connectivity index (χ0v) is 11.3. The van der Waals surface area contributed by atoms with Crippen LogP contribution in [-0.4, -0.2) is 33.8 Å². The van der Waals surface area contributed by atoms with Crippen molar-refractivity contribution in [3.63, 3.8) is 0 Å². The average Bonchev–Trinajstić information content (AvgIpc) is 3.21. The van der Waals surface area contributed by atoms with E-state index in [1.165, 1.54) is 6.92 Å². The lowest BCUT2D eigenvalue weighted by Crippen LogP contribution is -2.45. The number of anilines is 1. The summed E-state index contributed by atoms with van der Waals surface area (Å²) in [5.74, 6) is -1.08. The van der Waals surface area contributed by atoms with Crippen LogP contribution in [0.5, 0.6) is 0 Å². The molecule has 1 unspecified atom stereocenters. The highest BCUT2D eigenvalue weighted by molar-refractivity contribution is 6.01. The molecular weight excluding hydrogens is 278 g/mol. The van der Waals surface area contributed by atoms with Gasteiger partial charge in [0.1, 0.15) is 23.6 Å². The third-order valence-corrected chi connectivity index (χ3v) is 3.01. The van der Waals surface area contributed by atoms with Gasteiger partial charge in [-0.2, -0.15) is 0 Å². The quantitative estimate of drug-likeness (QED) is 0.514. The summed E-state index contributed by atoms with van der Waals surface area (Å²) in [4.78, 5) is 37.5. The maximum atomic E-state index is 12.1. The van der Waals surface area contributed by atoms with Crippen molar-refractivity contribution in [2.24, 2.45) is 0 Å². The highest BCUT2D eigenvalue weighted by atomic mass is 16.6. The van der Waals surface area contributed by atoms with Gasteiger partial charge in [-0.1, -0.05) is 0 Å². The molecule has 1 atom stereocenters. The van der Waals surface area contributed by atoms with Gasteiger partial charge >= 0.3 is 0 Å². The Morgan fingerprint density at radius 3 is 2.76 bits per heavy atom. The average molecular weight is 293 g/mol. The second kappa shape index (κ2) is 5.73. The largest absolute Gasteiger partial charge is 0.384 e. The number of amides is 2. The van der Waals surface area contributed by atoms with E-state index < -0.39 is 22.6 Å². The Hall–Kier alpha value is -2.71. The van der Waals surface area contributed by atoms with Crippen LogP contribution in [-0.2, 0) is 4.79 Å². The second-order valence-corrected chi connectivity index (χ2v) is 4.86. The molecule has 21 heavy (non-hydrogen) atoms. The van der Waals surface area contributed by atoms with Crippen molar-refractivity contribution in [2.75, 3.05) is 5.73 Å². The maximum Gasteiger partial charge on any atom is 0.300 e. The van der Waals surface area contributed by atoms with E-state index in [4.69, 9.17) is 5.73 Å². The van der Waals surface area contributed by atoms with Crippen molar-refractivity contribution < 1.29 is 14.5 Å². The lowest BCUT2D eigenvalue weighted by Gasteiger charge is -2.13. The van der Waals surface area contributed by atoms with Crippen LogP contribution in [0.25, 0.3) is 0 Å². The first-order valence-electron chi connectivity index (χ1n) is 6.39. The SMILES string of the molecule is CC(NC(=O)c1cc(N)ncc1[N+](=O)[O-])C(=O)NC1CC1. The molecule has 0 saturated heterocycles. The molecular formula is C12H15N5O4. The van der Waals surface area contributed by atoms with Crippen molar-refractivity contribution in [3.05, 3.63) is 27.9 Å². The molecule has 2 rings (SSSR count). The summed E-state index contributed by atoms with van der Waals surface area (Å²) in [7, 11) is 0. The van der Waals surface area contributed by atoms with Gasteiger partial charge in [-0.15, -0.1) is 0 Å². The highest BCUT2D eigenvalue weighted by Crippen LogP contribution is 2.20. The Bertz CT molecular complexity index is 599. The molecule has 1 heterocycles. The van der Waals surface area contributed by atoms with Crippen molar-refractivity contribution >= 4 is 23.3 Å². The van der Waals surface area contributed by atoms with Gasteiger partial charge < -0.3 is 16.4 Å². The number of nitrogens with one attached hydrogen (secondary N) is 2. The molecule has 0 aromatic carbocycles. The van der Waals surface area contributed by atoms with Crippen LogP contribution in [0.2, 0.25) is 0 Å². The predicted octanol–water partition coefficient (Wildman–Crippen LogP) is -0.0311. The Morgan fingerprint density at radius 2 is 2.19 bits per heavy atom. The van der Waals surface area contributed by atoms with Crippen LogP contribution in [0.3, 0.4) is 0 Å². The van der Waals surface area contributed by atoms with E-state index in [1.54, 1.807) is 0 Å².